The van der Waals surface area contributed by atoms with Gasteiger partial charge in [-0.05, 0) is 28.1 Å². The fourth-order valence-electron chi connectivity index (χ4n) is 1.04. The Labute approximate surface area is 120 Å². The van der Waals surface area contributed by atoms with Gasteiger partial charge in [0.15, 0.2) is 0 Å². The van der Waals surface area contributed by atoms with Crippen molar-refractivity contribution in [2.45, 2.75) is 13.3 Å². The second-order valence-corrected chi connectivity index (χ2v) is 6.64. The van der Waals surface area contributed by atoms with E-state index in [-0.39, 0.29) is 5.91 Å². The molecule has 0 saturated carbocycles. The van der Waals surface area contributed by atoms with Crippen LogP contribution >= 0.6 is 38.6 Å². The summed E-state index contributed by atoms with van der Waals surface area (Å²) in [7, 11) is 0. The highest BCUT2D eigenvalue weighted by atomic mass is 79.9. The number of anilines is 1. The monoisotopic (exact) mass is 344 g/mol. The second-order valence-electron chi connectivity index (χ2n) is 3.19. The van der Waals surface area contributed by atoms with Crippen LogP contribution in [-0.4, -0.2) is 22.3 Å². The van der Waals surface area contributed by atoms with E-state index in [4.69, 9.17) is 0 Å². The Kier molecular flexibility index (Phi) is 4.56. The molecule has 5 nitrogen and oxygen atoms in total. The highest BCUT2D eigenvalue weighted by molar-refractivity contribution is 9.11. The summed E-state index contributed by atoms with van der Waals surface area (Å²) in [4.78, 5) is 16.4. The lowest BCUT2D eigenvalue weighted by atomic mass is 10.5. The number of thiophene rings is 1. The zero-order chi connectivity index (χ0) is 13.0. The molecule has 2 aromatic heterocycles. The molecule has 0 saturated heterocycles. The van der Waals surface area contributed by atoms with E-state index in [1.165, 1.54) is 11.3 Å². The second kappa shape index (κ2) is 6.17. The summed E-state index contributed by atoms with van der Waals surface area (Å²) in [5.41, 5.74) is 0. The van der Waals surface area contributed by atoms with Gasteiger partial charge < -0.3 is 5.32 Å². The molecule has 0 aliphatic carbocycles. The normalized spacial score (nSPS) is 11.0. The maximum Gasteiger partial charge on any atom is 0.233 e. The van der Waals surface area contributed by atoms with Crippen molar-refractivity contribution in [3.63, 3.8) is 0 Å². The molecule has 1 N–H and O–H groups in total. The molecule has 2 heterocycles. The number of nitrogens with zero attached hydrogens (tertiary/aromatic N) is 3. The Morgan fingerprint density at radius 3 is 3.00 bits per heavy atom. The van der Waals surface area contributed by atoms with Gasteiger partial charge in [0.2, 0.25) is 16.2 Å². The number of carbonyl (C=O) groups excluding carboxylic acids is 1. The van der Waals surface area contributed by atoms with Crippen molar-refractivity contribution < 1.29 is 4.79 Å². The van der Waals surface area contributed by atoms with E-state index in [2.05, 4.69) is 36.4 Å². The van der Waals surface area contributed by atoms with Crippen molar-refractivity contribution in [1.82, 2.24) is 10.2 Å². The molecular formula is C10H9BrN4OS2. The summed E-state index contributed by atoms with van der Waals surface area (Å²) in [5, 5.41) is 11.3. The number of amides is 1. The average Bonchev–Trinajstić information content (AvgIpc) is 2.96. The first-order chi connectivity index (χ1) is 8.67. The molecule has 0 unspecified atom stereocenters. The van der Waals surface area contributed by atoms with Crippen LogP contribution in [0.2, 0.25) is 0 Å². The Morgan fingerprint density at radius 2 is 2.33 bits per heavy atom. The summed E-state index contributed by atoms with van der Waals surface area (Å²) >= 11 is 6.21. The molecule has 94 valence electrons. The average molecular weight is 345 g/mol. The Bertz CT molecular complexity index is 578. The van der Waals surface area contributed by atoms with Gasteiger partial charge in [0.25, 0.3) is 0 Å². The van der Waals surface area contributed by atoms with Crippen LogP contribution in [0.1, 0.15) is 18.2 Å². The van der Waals surface area contributed by atoms with Crippen LogP contribution in [0, 0.1) is 0 Å². The van der Waals surface area contributed by atoms with Crippen LogP contribution in [0.3, 0.4) is 0 Å². The van der Waals surface area contributed by atoms with Crippen LogP contribution in [0.4, 0.5) is 10.3 Å². The molecule has 0 aliphatic rings. The molecule has 18 heavy (non-hydrogen) atoms. The van der Waals surface area contributed by atoms with Gasteiger partial charge in [0, 0.05) is 17.5 Å². The van der Waals surface area contributed by atoms with Crippen LogP contribution in [0.5, 0.6) is 0 Å². The zero-order valence-corrected chi connectivity index (χ0v) is 12.6. The van der Waals surface area contributed by atoms with Gasteiger partial charge in [0.1, 0.15) is 0 Å². The first-order valence-corrected chi connectivity index (χ1v) is 7.52. The molecule has 0 radical (unpaired) electrons. The number of hydrogen-bond acceptors (Lipinski definition) is 6. The number of halogens is 1. The van der Waals surface area contributed by atoms with Crippen molar-refractivity contribution >= 4 is 61.0 Å². The number of nitrogens with one attached hydrogen (secondary N) is 1. The first-order valence-electron chi connectivity index (χ1n) is 5.10. The minimum atomic E-state index is -0.0798. The predicted octanol–water partition coefficient (Wildman–Crippen LogP) is 3.46. The third kappa shape index (κ3) is 3.69. The van der Waals surface area contributed by atoms with E-state index in [9.17, 15) is 4.79 Å². The topological polar surface area (TPSA) is 67.2 Å². The van der Waals surface area contributed by atoms with Gasteiger partial charge in [-0.1, -0.05) is 18.3 Å². The number of carbonyl (C=O) groups is 1. The molecule has 0 atom stereocenters. The lowest BCUT2D eigenvalue weighted by Crippen LogP contribution is -2.08. The van der Waals surface area contributed by atoms with Crippen LogP contribution in [0.25, 0.3) is 0 Å². The van der Waals surface area contributed by atoms with Gasteiger partial charge in [-0.25, -0.2) is 4.99 Å². The standard InChI is InChI=1S/C10H9BrN4OS2/c1-2-8(16)13-10-15-14-9(18-10)12-5-6-3-4-7(11)17-6/h3-5H,2H2,1H3,(H,13,15,16)/b12-5+. The summed E-state index contributed by atoms with van der Waals surface area (Å²) in [5.74, 6) is -0.0798. The summed E-state index contributed by atoms with van der Waals surface area (Å²) in [6.45, 7) is 1.78. The lowest BCUT2D eigenvalue weighted by Gasteiger charge is -1.93. The molecule has 1 amide bonds. The summed E-state index contributed by atoms with van der Waals surface area (Å²) < 4.78 is 1.05. The van der Waals surface area contributed by atoms with Gasteiger partial charge in [-0.15, -0.1) is 21.5 Å². The highest BCUT2D eigenvalue weighted by Gasteiger charge is 2.05. The molecule has 0 aliphatic heterocycles. The minimum absolute atomic E-state index is 0.0798. The number of rotatable bonds is 4. The molecule has 0 spiro atoms. The highest BCUT2D eigenvalue weighted by Crippen LogP contribution is 2.24. The lowest BCUT2D eigenvalue weighted by molar-refractivity contribution is -0.115. The van der Waals surface area contributed by atoms with E-state index < -0.39 is 0 Å². The quantitative estimate of drug-likeness (QED) is 0.863. The van der Waals surface area contributed by atoms with Crippen LogP contribution in [-0.2, 0) is 4.79 Å². The molecule has 0 bridgehead atoms. The van der Waals surface area contributed by atoms with Crippen molar-refractivity contribution in [2.24, 2.45) is 4.99 Å². The van der Waals surface area contributed by atoms with Gasteiger partial charge in [-0.2, -0.15) is 0 Å². The maximum absolute atomic E-state index is 11.2. The summed E-state index contributed by atoms with van der Waals surface area (Å²) in [6.07, 6.45) is 2.14. The molecule has 0 fully saturated rings. The molecule has 0 aromatic carbocycles. The Morgan fingerprint density at radius 1 is 1.50 bits per heavy atom. The van der Waals surface area contributed by atoms with Crippen molar-refractivity contribution in [3.05, 3.63) is 20.8 Å². The molecule has 8 heteroatoms. The molecule has 2 aromatic rings. The predicted molar refractivity (Wildman–Crippen MR) is 78.1 cm³/mol. The van der Waals surface area contributed by atoms with E-state index in [0.29, 0.717) is 16.7 Å². The van der Waals surface area contributed by atoms with Crippen LogP contribution in [0.15, 0.2) is 20.9 Å². The third-order valence-corrected chi connectivity index (χ3v) is 4.18. The molecule has 2 rings (SSSR count). The van der Waals surface area contributed by atoms with E-state index in [0.717, 1.165) is 8.66 Å². The first kappa shape index (κ1) is 13.3. The maximum atomic E-state index is 11.2. The summed E-state index contributed by atoms with van der Waals surface area (Å²) in [6, 6.07) is 3.91. The third-order valence-electron chi connectivity index (χ3n) is 1.88. The smallest absolute Gasteiger partial charge is 0.233 e. The van der Waals surface area contributed by atoms with Gasteiger partial charge in [-0.3, -0.25) is 4.79 Å². The fourth-order valence-corrected chi connectivity index (χ4v) is 2.94. The molecular weight excluding hydrogens is 336 g/mol. The number of aromatic nitrogens is 2. The van der Waals surface area contributed by atoms with Crippen LogP contribution < -0.4 is 5.32 Å². The fraction of sp³-hybridized carbons (Fsp3) is 0.200. The van der Waals surface area contributed by atoms with Gasteiger partial charge >= 0.3 is 0 Å². The van der Waals surface area contributed by atoms with E-state index in [1.54, 1.807) is 24.5 Å². The van der Waals surface area contributed by atoms with E-state index >= 15 is 0 Å². The van der Waals surface area contributed by atoms with E-state index in [1.807, 2.05) is 12.1 Å². The Hall–Kier alpha value is -1.12. The zero-order valence-electron chi connectivity index (χ0n) is 9.38. The minimum Gasteiger partial charge on any atom is -0.300 e. The SMILES string of the molecule is CCC(=O)Nc1nnc(/N=C/c2ccc(Br)s2)s1. The van der Waals surface area contributed by atoms with Crippen molar-refractivity contribution in [2.75, 3.05) is 5.32 Å². The number of hydrogen-bond donors (Lipinski definition) is 1. The Balaban J connectivity index is 2.02. The van der Waals surface area contributed by atoms with Gasteiger partial charge in [0.05, 0.1) is 3.79 Å². The largest absolute Gasteiger partial charge is 0.300 e. The number of aliphatic imine (C=N–C) groups is 1. The van der Waals surface area contributed by atoms with Crippen molar-refractivity contribution in [1.29, 1.82) is 0 Å². The van der Waals surface area contributed by atoms with Crippen molar-refractivity contribution in [3.8, 4) is 0 Å².